The molecule has 3 N–H and O–H groups in total. The summed E-state index contributed by atoms with van der Waals surface area (Å²) in [4.78, 5) is 0. The fourth-order valence-corrected chi connectivity index (χ4v) is 1.08. The first-order chi connectivity index (χ1) is 6.26. The van der Waals surface area contributed by atoms with Crippen LogP contribution in [-0.2, 0) is 6.42 Å². The molecule has 3 heteroatoms. The van der Waals surface area contributed by atoms with Crippen molar-refractivity contribution in [2.24, 2.45) is 5.73 Å². The van der Waals surface area contributed by atoms with Gasteiger partial charge in [-0.15, -0.1) is 0 Å². The lowest BCUT2D eigenvalue weighted by Crippen LogP contribution is -2.05. The first-order valence-corrected chi connectivity index (χ1v) is 4.02. The van der Waals surface area contributed by atoms with E-state index in [1.807, 2.05) is 6.07 Å². The second-order valence-electron chi connectivity index (χ2n) is 2.82. The zero-order valence-electron chi connectivity index (χ0n) is 7.20. The molecule has 0 spiro atoms. The van der Waals surface area contributed by atoms with E-state index in [9.17, 15) is 4.39 Å². The van der Waals surface area contributed by atoms with E-state index in [1.54, 1.807) is 18.2 Å². The maximum atomic E-state index is 12.1. The molecule has 0 aliphatic heterocycles. The highest BCUT2D eigenvalue weighted by Gasteiger charge is 1.98. The summed E-state index contributed by atoms with van der Waals surface area (Å²) < 4.78 is 12.1. The van der Waals surface area contributed by atoms with Gasteiger partial charge in [0.25, 0.3) is 0 Å². The van der Waals surface area contributed by atoms with Crippen LogP contribution in [0.3, 0.4) is 0 Å². The van der Waals surface area contributed by atoms with Gasteiger partial charge in [-0.2, -0.15) is 0 Å². The van der Waals surface area contributed by atoms with Gasteiger partial charge in [-0.1, -0.05) is 12.1 Å². The zero-order chi connectivity index (χ0) is 9.68. The minimum atomic E-state index is 0.188. The molecule has 1 rings (SSSR count). The molecule has 0 bridgehead atoms. The minimum Gasteiger partial charge on any atom is -0.508 e. The van der Waals surface area contributed by atoms with Crippen LogP contribution in [0.4, 0.5) is 4.39 Å². The van der Waals surface area contributed by atoms with Crippen molar-refractivity contribution in [2.75, 3.05) is 6.54 Å². The van der Waals surface area contributed by atoms with Crippen molar-refractivity contribution in [3.63, 3.8) is 0 Å². The molecule has 0 unspecified atom stereocenters. The van der Waals surface area contributed by atoms with Crippen molar-refractivity contribution < 1.29 is 9.50 Å². The molecule has 0 aliphatic rings. The van der Waals surface area contributed by atoms with Crippen molar-refractivity contribution >= 4 is 0 Å². The quantitative estimate of drug-likeness (QED) is 0.746. The summed E-state index contributed by atoms with van der Waals surface area (Å²) in [6.45, 7) is 0.201. The molecule has 0 amide bonds. The summed E-state index contributed by atoms with van der Waals surface area (Å²) in [5, 5.41) is 9.13. The number of nitrogens with two attached hydrogens (primary N) is 1. The molecule has 0 saturated carbocycles. The van der Waals surface area contributed by atoms with Gasteiger partial charge >= 0.3 is 0 Å². The Labute approximate surface area is 76.5 Å². The Morgan fingerprint density at radius 3 is 2.85 bits per heavy atom. The van der Waals surface area contributed by atoms with Crippen molar-refractivity contribution in [1.82, 2.24) is 0 Å². The zero-order valence-corrected chi connectivity index (χ0v) is 7.20. The van der Waals surface area contributed by atoms with Crippen LogP contribution in [0.5, 0.6) is 5.75 Å². The lowest BCUT2D eigenvalue weighted by Gasteiger charge is -2.02. The molecule has 0 atom stereocenters. The fraction of sp³-hybridized carbons (Fsp3) is 0.200. The number of aromatic hydroxyl groups is 1. The Bertz CT molecular complexity index is 310. The highest BCUT2D eigenvalue weighted by Crippen LogP contribution is 2.14. The monoisotopic (exact) mass is 181 g/mol. The second kappa shape index (κ2) is 4.62. The van der Waals surface area contributed by atoms with Crippen LogP contribution in [0.2, 0.25) is 0 Å². The first-order valence-electron chi connectivity index (χ1n) is 4.02. The van der Waals surface area contributed by atoms with Crippen molar-refractivity contribution in [3.05, 3.63) is 41.7 Å². The summed E-state index contributed by atoms with van der Waals surface area (Å²) in [5.41, 5.74) is 6.67. The highest BCUT2D eigenvalue weighted by molar-refractivity contribution is 5.30. The minimum absolute atomic E-state index is 0.188. The summed E-state index contributed by atoms with van der Waals surface area (Å²) >= 11 is 0. The van der Waals surface area contributed by atoms with Gasteiger partial charge in [-0.05, 0) is 29.7 Å². The van der Waals surface area contributed by atoms with E-state index >= 15 is 0 Å². The summed E-state index contributed by atoms with van der Waals surface area (Å²) in [6, 6.07) is 6.71. The summed E-state index contributed by atoms with van der Waals surface area (Å²) in [6.07, 6.45) is 0.964. The standard InChI is InChI=1S/C10H12FNO/c11-6-9(7-12)4-8-2-1-3-10(13)5-8/h1-3,5-6,13H,4,7,12H2. The van der Waals surface area contributed by atoms with Crippen LogP contribution in [0.15, 0.2) is 36.2 Å². The average molecular weight is 181 g/mol. The van der Waals surface area contributed by atoms with E-state index in [0.29, 0.717) is 18.3 Å². The molecule has 13 heavy (non-hydrogen) atoms. The van der Waals surface area contributed by atoms with Crippen molar-refractivity contribution in [2.45, 2.75) is 6.42 Å². The molecule has 1 aromatic carbocycles. The van der Waals surface area contributed by atoms with Gasteiger partial charge in [0.1, 0.15) is 5.75 Å². The Kier molecular flexibility index (Phi) is 3.46. The number of phenols is 1. The molecule has 0 fully saturated rings. The van der Waals surface area contributed by atoms with Gasteiger partial charge in [0.05, 0.1) is 6.33 Å². The number of hydrogen-bond acceptors (Lipinski definition) is 2. The van der Waals surface area contributed by atoms with Crippen molar-refractivity contribution in [1.29, 1.82) is 0 Å². The molecule has 2 nitrogen and oxygen atoms in total. The van der Waals surface area contributed by atoms with Gasteiger partial charge in [0.2, 0.25) is 0 Å². The molecule has 70 valence electrons. The van der Waals surface area contributed by atoms with Crippen LogP contribution >= 0.6 is 0 Å². The average Bonchev–Trinajstić information content (AvgIpc) is 2.14. The van der Waals surface area contributed by atoms with E-state index in [2.05, 4.69) is 0 Å². The molecule has 0 aliphatic carbocycles. The molecular formula is C10H12FNO. The summed E-state index contributed by atoms with van der Waals surface area (Å²) in [5.74, 6) is 0.188. The Morgan fingerprint density at radius 2 is 2.31 bits per heavy atom. The molecule has 0 radical (unpaired) electrons. The van der Waals surface area contributed by atoms with Gasteiger partial charge in [-0.3, -0.25) is 0 Å². The topological polar surface area (TPSA) is 46.2 Å². The molecule has 0 aromatic heterocycles. The number of halogens is 1. The van der Waals surface area contributed by atoms with Crippen LogP contribution in [0.25, 0.3) is 0 Å². The summed E-state index contributed by atoms with van der Waals surface area (Å²) in [7, 11) is 0. The van der Waals surface area contributed by atoms with Crippen LogP contribution in [0.1, 0.15) is 5.56 Å². The molecular weight excluding hydrogens is 169 g/mol. The second-order valence-corrected chi connectivity index (χ2v) is 2.82. The number of benzene rings is 1. The fourth-order valence-electron chi connectivity index (χ4n) is 1.08. The largest absolute Gasteiger partial charge is 0.508 e. The third-order valence-electron chi connectivity index (χ3n) is 1.76. The lowest BCUT2D eigenvalue weighted by atomic mass is 10.1. The van der Waals surface area contributed by atoms with Gasteiger partial charge in [-0.25, -0.2) is 4.39 Å². The maximum Gasteiger partial charge on any atom is 0.115 e. The van der Waals surface area contributed by atoms with Crippen LogP contribution in [-0.4, -0.2) is 11.7 Å². The predicted octanol–water partition coefficient (Wildman–Crippen LogP) is 1.75. The van der Waals surface area contributed by atoms with Crippen LogP contribution < -0.4 is 5.73 Å². The molecule has 1 aromatic rings. The molecule has 0 heterocycles. The third-order valence-corrected chi connectivity index (χ3v) is 1.76. The smallest absolute Gasteiger partial charge is 0.115 e. The Morgan fingerprint density at radius 1 is 1.54 bits per heavy atom. The molecule has 0 saturated heterocycles. The van der Waals surface area contributed by atoms with E-state index in [4.69, 9.17) is 10.8 Å². The Hall–Kier alpha value is -1.35. The third kappa shape index (κ3) is 2.87. The van der Waals surface area contributed by atoms with Crippen LogP contribution in [0, 0.1) is 0 Å². The van der Waals surface area contributed by atoms with E-state index < -0.39 is 0 Å². The predicted molar refractivity (Wildman–Crippen MR) is 50.1 cm³/mol. The van der Waals surface area contributed by atoms with E-state index in [0.717, 1.165) is 5.56 Å². The normalized spacial score (nSPS) is 11.7. The first kappa shape index (κ1) is 9.74. The van der Waals surface area contributed by atoms with Gasteiger partial charge in [0.15, 0.2) is 0 Å². The number of rotatable bonds is 3. The maximum absolute atomic E-state index is 12.1. The SMILES string of the molecule is NCC(=CF)Cc1cccc(O)c1. The lowest BCUT2D eigenvalue weighted by molar-refractivity contribution is 0.474. The highest BCUT2D eigenvalue weighted by atomic mass is 19.1. The van der Waals surface area contributed by atoms with Gasteiger partial charge in [0, 0.05) is 6.54 Å². The van der Waals surface area contributed by atoms with E-state index in [1.165, 1.54) is 0 Å². The van der Waals surface area contributed by atoms with Crippen molar-refractivity contribution in [3.8, 4) is 5.75 Å². The number of phenolic OH excluding ortho intramolecular Hbond substituents is 1. The number of hydrogen-bond donors (Lipinski definition) is 2. The van der Waals surface area contributed by atoms with E-state index in [-0.39, 0.29) is 12.3 Å². The van der Waals surface area contributed by atoms with Gasteiger partial charge < -0.3 is 10.8 Å². The Balaban J connectivity index is 2.74.